The minimum atomic E-state index is -3.11. The predicted octanol–water partition coefficient (Wildman–Crippen LogP) is 1.36. The van der Waals surface area contributed by atoms with E-state index in [1.165, 1.54) is 26.2 Å². The molecule has 2 rings (SSSR count). The molecule has 1 amide bonds. The highest BCUT2D eigenvalue weighted by Crippen LogP contribution is 2.39. The third kappa shape index (κ3) is 3.28. The van der Waals surface area contributed by atoms with Gasteiger partial charge in [-0.25, -0.2) is 8.42 Å². The fraction of sp³-hybridized carbons (Fsp3) is 0.562. The van der Waals surface area contributed by atoms with Crippen LogP contribution in [-0.2, 0) is 9.84 Å². The van der Waals surface area contributed by atoms with E-state index in [0.717, 1.165) is 0 Å². The molecule has 1 aliphatic heterocycles. The van der Waals surface area contributed by atoms with Gasteiger partial charge in [0, 0.05) is 12.6 Å². The van der Waals surface area contributed by atoms with Crippen molar-refractivity contribution in [1.29, 1.82) is 0 Å². The van der Waals surface area contributed by atoms with Crippen molar-refractivity contribution < 1.29 is 27.4 Å². The molecule has 1 heterocycles. The number of methoxy groups -OCH3 is 3. The molecular formula is C16H23NO6S. The minimum absolute atomic E-state index is 0.0351. The summed E-state index contributed by atoms with van der Waals surface area (Å²) in [5.74, 6) is 0.904. The number of sulfone groups is 1. The van der Waals surface area contributed by atoms with E-state index in [2.05, 4.69) is 0 Å². The van der Waals surface area contributed by atoms with Crippen molar-refractivity contribution in [2.75, 3.05) is 39.9 Å². The van der Waals surface area contributed by atoms with E-state index in [0.29, 0.717) is 29.2 Å². The summed E-state index contributed by atoms with van der Waals surface area (Å²) in [6.45, 7) is 1.79. The van der Waals surface area contributed by atoms with Crippen LogP contribution in [0.4, 0.5) is 0 Å². The van der Waals surface area contributed by atoms with Crippen LogP contribution in [0.1, 0.15) is 23.7 Å². The number of carbonyl (C=O) groups is 1. The van der Waals surface area contributed by atoms with Crippen molar-refractivity contribution in [2.45, 2.75) is 18.9 Å². The Balaban J connectivity index is 2.39. The maximum absolute atomic E-state index is 12.9. The first kappa shape index (κ1) is 18.4. The van der Waals surface area contributed by atoms with E-state index < -0.39 is 15.4 Å². The largest absolute Gasteiger partial charge is 0.493 e. The Morgan fingerprint density at radius 3 is 2.04 bits per heavy atom. The highest BCUT2D eigenvalue weighted by atomic mass is 32.2. The van der Waals surface area contributed by atoms with Crippen molar-refractivity contribution in [3.05, 3.63) is 17.7 Å². The van der Waals surface area contributed by atoms with Crippen LogP contribution in [-0.4, -0.2) is 64.6 Å². The van der Waals surface area contributed by atoms with E-state index in [-0.39, 0.29) is 17.4 Å². The highest BCUT2D eigenvalue weighted by molar-refractivity contribution is 7.91. The van der Waals surface area contributed by atoms with Gasteiger partial charge >= 0.3 is 0 Å². The van der Waals surface area contributed by atoms with E-state index in [1.807, 2.05) is 0 Å². The fourth-order valence-corrected chi connectivity index (χ4v) is 5.08. The zero-order valence-corrected chi connectivity index (χ0v) is 15.4. The average Bonchev–Trinajstić information content (AvgIpc) is 2.86. The first-order valence-electron chi connectivity index (χ1n) is 7.46. The van der Waals surface area contributed by atoms with Crippen LogP contribution in [0.2, 0.25) is 0 Å². The van der Waals surface area contributed by atoms with E-state index in [1.54, 1.807) is 26.1 Å². The van der Waals surface area contributed by atoms with Gasteiger partial charge in [0.15, 0.2) is 21.3 Å². The summed E-state index contributed by atoms with van der Waals surface area (Å²) in [5, 5.41) is 0. The highest BCUT2D eigenvalue weighted by Gasteiger charge is 2.43. The second kappa shape index (κ2) is 6.51. The molecule has 1 atom stereocenters. The summed E-state index contributed by atoms with van der Waals surface area (Å²) in [6.07, 6.45) is 0.419. The molecule has 0 bridgehead atoms. The Labute approximate surface area is 142 Å². The van der Waals surface area contributed by atoms with Crippen molar-refractivity contribution in [3.8, 4) is 17.2 Å². The summed E-state index contributed by atoms with van der Waals surface area (Å²) >= 11 is 0. The number of nitrogens with zero attached hydrogens (tertiary/aromatic N) is 1. The Hall–Kier alpha value is -1.96. The molecule has 0 spiro atoms. The molecule has 1 fully saturated rings. The number of amides is 1. The summed E-state index contributed by atoms with van der Waals surface area (Å²) in [6, 6.07) is 3.12. The normalized spacial score (nSPS) is 22.0. The van der Waals surface area contributed by atoms with Crippen molar-refractivity contribution >= 4 is 15.7 Å². The maximum atomic E-state index is 12.9. The van der Waals surface area contributed by atoms with Crippen LogP contribution in [0.25, 0.3) is 0 Å². The topological polar surface area (TPSA) is 82.1 Å². The Bertz CT molecular complexity index is 720. The number of benzene rings is 1. The summed E-state index contributed by atoms with van der Waals surface area (Å²) in [5.41, 5.74) is -0.381. The second-order valence-corrected chi connectivity index (χ2v) is 8.30. The zero-order chi connectivity index (χ0) is 18.1. The third-order valence-corrected chi connectivity index (χ3v) is 6.40. The number of ether oxygens (including phenoxy) is 3. The smallest absolute Gasteiger partial charge is 0.254 e. The van der Waals surface area contributed by atoms with Gasteiger partial charge in [-0.2, -0.15) is 0 Å². The number of rotatable bonds is 5. The lowest BCUT2D eigenvalue weighted by Gasteiger charge is -2.34. The lowest BCUT2D eigenvalue weighted by atomic mass is 9.98. The molecule has 1 aromatic rings. The fourth-order valence-electron chi connectivity index (χ4n) is 2.90. The van der Waals surface area contributed by atoms with Gasteiger partial charge in [-0.1, -0.05) is 0 Å². The summed E-state index contributed by atoms with van der Waals surface area (Å²) in [4.78, 5) is 14.3. The molecule has 1 saturated heterocycles. The van der Waals surface area contributed by atoms with Crippen molar-refractivity contribution in [3.63, 3.8) is 0 Å². The Morgan fingerprint density at radius 2 is 1.67 bits per heavy atom. The first-order chi connectivity index (χ1) is 11.2. The molecule has 24 heavy (non-hydrogen) atoms. The molecule has 1 unspecified atom stereocenters. The number of hydrogen-bond donors (Lipinski definition) is 0. The van der Waals surface area contributed by atoms with Crippen LogP contribution in [0.15, 0.2) is 12.1 Å². The molecule has 1 aliphatic rings. The number of hydrogen-bond acceptors (Lipinski definition) is 6. The van der Waals surface area contributed by atoms with Crippen LogP contribution in [0.3, 0.4) is 0 Å². The molecule has 0 radical (unpaired) electrons. The molecular weight excluding hydrogens is 334 g/mol. The van der Waals surface area contributed by atoms with Crippen molar-refractivity contribution in [2.24, 2.45) is 0 Å². The lowest BCUT2D eigenvalue weighted by molar-refractivity contribution is 0.0637. The molecule has 0 saturated carbocycles. The Morgan fingerprint density at radius 1 is 1.12 bits per heavy atom. The molecule has 8 heteroatoms. The van der Waals surface area contributed by atoms with Gasteiger partial charge in [-0.3, -0.25) is 4.79 Å². The predicted molar refractivity (Wildman–Crippen MR) is 89.9 cm³/mol. The SMILES string of the molecule is COc1cc(C(=O)N(C)C2(C)CCS(=O)(=O)C2)cc(OC)c1OC. The molecule has 134 valence electrons. The van der Waals surface area contributed by atoms with Crippen LogP contribution >= 0.6 is 0 Å². The van der Waals surface area contributed by atoms with Crippen LogP contribution in [0, 0.1) is 0 Å². The third-order valence-electron chi connectivity index (χ3n) is 4.51. The quantitative estimate of drug-likeness (QED) is 0.791. The number of carbonyl (C=O) groups excluding carboxylic acids is 1. The van der Waals surface area contributed by atoms with Crippen LogP contribution < -0.4 is 14.2 Å². The van der Waals surface area contributed by atoms with Gasteiger partial charge in [0.1, 0.15) is 0 Å². The van der Waals surface area contributed by atoms with Crippen LogP contribution in [0.5, 0.6) is 17.2 Å². The average molecular weight is 357 g/mol. The first-order valence-corrected chi connectivity index (χ1v) is 9.28. The molecule has 0 N–H and O–H groups in total. The van der Waals surface area contributed by atoms with Gasteiger partial charge in [0.05, 0.1) is 38.4 Å². The molecule has 1 aromatic carbocycles. The van der Waals surface area contributed by atoms with Gasteiger partial charge in [-0.05, 0) is 25.5 Å². The lowest BCUT2D eigenvalue weighted by Crippen LogP contribution is -2.48. The zero-order valence-electron chi connectivity index (χ0n) is 14.6. The van der Waals surface area contributed by atoms with E-state index >= 15 is 0 Å². The minimum Gasteiger partial charge on any atom is -0.493 e. The molecule has 0 aliphatic carbocycles. The standard InChI is InChI=1S/C16H23NO6S/c1-16(6-7-24(19,20)10-16)17(2)15(18)11-8-12(21-3)14(23-5)13(9-11)22-4/h8-9H,6-7,10H2,1-5H3. The Kier molecular flexibility index (Phi) is 4.98. The van der Waals surface area contributed by atoms with E-state index in [4.69, 9.17) is 14.2 Å². The monoisotopic (exact) mass is 357 g/mol. The summed E-state index contributed by atoms with van der Waals surface area (Å²) < 4.78 is 39.4. The maximum Gasteiger partial charge on any atom is 0.254 e. The van der Waals surface area contributed by atoms with E-state index in [9.17, 15) is 13.2 Å². The van der Waals surface area contributed by atoms with Crippen molar-refractivity contribution in [1.82, 2.24) is 4.90 Å². The molecule has 0 aromatic heterocycles. The molecule has 7 nitrogen and oxygen atoms in total. The van der Waals surface area contributed by atoms with Gasteiger partial charge in [0.25, 0.3) is 5.91 Å². The summed E-state index contributed by atoms with van der Waals surface area (Å²) in [7, 11) is 2.93. The second-order valence-electron chi connectivity index (χ2n) is 6.12. The van der Waals surface area contributed by atoms with Gasteiger partial charge in [0.2, 0.25) is 5.75 Å². The van der Waals surface area contributed by atoms with Gasteiger partial charge in [-0.15, -0.1) is 0 Å². The van der Waals surface area contributed by atoms with Gasteiger partial charge < -0.3 is 19.1 Å².